The molecule has 2 unspecified atom stereocenters. The lowest BCUT2D eigenvalue weighted by Gasteiger charge is -2.33. The van der Waals surface area contributed by atoms with E-state index >= 15 is 0 Å². The minimum atomic E-state index is -0.980. The van der Waals surface area contributed by atoms with E-state index in [1.165, 1.54) is 11.2 Å². The highest BCUT2D eigenvalue weighted by atomic mass is 16.3. The molecule has 188 valence electrons. The first-order chi connectivity index (χ1) is 18.5. The van der Waals surface area contributed by atoms with Crippen molar-refractivity contribution >= 4 is 34.5 Å². The number of para-hydroxylation sites is 2. The van der Waals surface area contributed by atoms with Crippen LogP contribution in [0.3, 0.4) is 0 Å². The Morgan fingerprint density at radius 2 is 1.68 bits per heavy atom. The average Bonchev–Trinajstić information content (AvgIpc) is 3.69. The van der Waals surface area contributed by atoms with E-state index in [9.17, 15) is 14.4 Å². The molecule has 1 saturated heterocycles. The summed E-state index contributed by atoms with van der Waals surface area (Å²) in [6.45, 7) is 1.84. The normalized spacial score (nSPS) is 16.2. The molecule has 5 aromatic rings. The second kappa shape index (κ2) is 9.48. The molecule has 0 spiro atoms. The van der Waals surface area contributed by atoms with Crippen LogP contribution in [0.4, 0.5) is 5.69 Å². The van der Waals surface area contributed by atoms with Crippen LogP contribution in [-0.4, -0.2) is 33.6 Å². The van der Waals surface area contributed by atoms with Crippen molar-refractivity contribution < 1.29 is 23.2 Å². The van der Waals surface area contributed by atoms with Gasteiger partial charge in [0, 0.05) is 5.56 Å². The van der Waals surface area contributed by atoms with Crippen molar-refractivity contribution in [2.75, 3.05) is 4.90 Å². The van der Waals surface area contributed by atoms with Gasteiger partial charge in [0.25, 0.3) is 11.8 Å². The van der Waals surface area contributed by atoms with Gasteiger partial charge in [-0.25, -0.2) is 9.88 Å². The van der Waals surface area contributed by atoms with Crippen molar-refractivity contribution in [1.29, 1.82) is 0 Å². The molecule has 0 radical (unpaired) electrons. The summed E-state index contributed by atoms with van der Waals surface area (Å²) in [5.74, 6) is -0.749. The molecule has 38 heavy (non-hydrogen) atoms. The summed E-state index contributed by atoms with van der Waals surface area (Å²) >= 11 is 0. The van der Waals surface area contributed by atoms with Crippen LogP contribution in [0.5, 0.6) is 0 Å². The fraction of sp³-hybridized carbons (Fsp3) is 0.133. The summed E-state index contributed by atoms with van der Waals surface area (Å²) < 4.78 is 11.2. The van der Waals surface area contributed by atoms with Crippen LogP contribution in [-0.2, 0) is 9.59 Å². The van der Waals surface area contributed by atoms with E-state index < -0.39 is 23.9 Å². The summed E-state index contributed by atoms with van der Waals surface area (Å²) in [4.78, 5) is 47.4. The predicted octanol–water partition coefficient (Wildman–Crippen LogP) is 5.62. The number of fused-ring (bicyclic) bond motifs is 1. The minimum Gasteiger partial charge on any atom is -0.459 e. The molecule has 8 heteroatoms. The predicted molar refractivity (Wildman–Crippen MR) is 140 cm³/mol. The van der Waals surface area contributed by atoms with E-state index in [1.54, 1.807) is 36.4 Å². The molecule has 3 heterocycles. The first kappa shape index (κ1) is 23.4. The number of oxazole rings is 1. The van der Waals surface area contributed by atoms with Gasteiger partial charge in [-0.15, -0.1) is 0 Å². The van der Waals surface area contributed by atoms with Crippen LogP contribution in [0, 0.1) is 0 Å². The van der Waals surface area contributed by atoms with Gasteiger partial charge in [-0.05, 0) is 61.0 Å². The lowest BCUT2D eigenvalue weighted by atomic mass is 10.0. The fourth-order valence-corrected chi connectivity index (χ4v) is 4.86. The van der Waals surface area contributed by atoms with Gasteiger partial charge < -0.3 is 13.7 Å². The molecular formula is C30H23N3O5. The molecule has 0 saturated carbocycles. The van der Waals surface area contributed by atoms with Crippen molar-refractivity contribution in [3.63, 3.8) is 0 Å². The maximum atomic E-state index is 13.7. The second-order valence-electron chi connectivity index (χ2n) is 9.10. The zero-order valence-electron chi connectivity index (χ0n) is 20.5. The van der Waals surface area contributed by atoms with Gasteiger partial charge in [-0.3, -0.25) is 14.4 Å². The van der Waals surface area contributed by atoms with E-state index in [-0.39, 0.29) is 18.1 Å². The zero-order chi connectivity index (χ0) is 26.2. The van der Waals surface area contributed by atoms with E-state index in [0.29, 0.717) is 22.7 Å². The summed E-state index contributed by atoms with van der Waals surface area (Å²) in [5, 5.41) is 0. The van der Waals surface area contributed by atoms with Crippen molar-refractivity contribution in [2.24, 2.45) is 0 Å². The molecule has 1 aliphatic heterocycles. The number of benzene rings is 3. The minimum absolute atomic E-state index is 0.106. The highest BCUT2D eigenvalue weighted by Gasteiger charge is 2.46. The molecule has 1 aliphatic rings. The lowest BCUT2D eigenvalue weighted by Crippen LogP contribution is -2.46. The highest BCUT2D eigenvalue weighted by Crippen LogP contribution is 2.33. The Kier molecular flexibility index (Phi) is 5.84. The van der Waals surface area contributed by atoms with Crippen LogP contribution in [0.25, 0.3) is 22.6 Å². The number of hydrogen-bond donors (Lipinski definition) is 0. The van der Waals surface area contributed by atoms with Crippen molar-refractivity contribution in [1.82, 2.24) is 9.88 Å². The van der Waals surface area contributed by atoms with E-state index in [2.05, 4.69) is 4.98 Å². The van der Waals surface area contributed by atoms with Gasteiger partial charge in [-0.2, -0.15) is 0 Å². The molecule has 0 N–H and O–H groups in total. The molecule has 0 bridgehead atoms. The van der Waals surface area contributed by atoms with Gasteiger partial charge in [0.1, 0.15) is 11.6 Å². The molecule has 3 amide bonds. The number of amides is 3. The fourth-order valence-electron chi connectivity index (χ4n) is 4.86. The first-order valence-electron chi connectivity index (χ1n) is 12.2. The second-order valence-corrected chi connectivity index (χ2v) is 9.10. The van der Waals surface area contributed by atoms with Gasteiger partial charge in [-0.1, -0.05) is 42.5 Å². The van der Waals surface area contributed by atoms with Crippen molar-refractivity contribution in [3.05, 3.63) is 109 Å². The summed E-state index contributed by atoms with van der Waals surface area (Å²) in [7, 11) is 0. The Balaban J connectivity index is 1.30. The van der Waals surface area contributed by atoms with Gasteiger partial charge in [0.15, 0.2) is 11.3 Å². The smallest absolute Gasteiger partial charge is 0.290 e. The number of nitrogens with zero attached hydrogens (tertiary/aromatic N) is 3. The molecule has 2 atom stereocenters. The average molecular weight is 506 g/mol. The number of aromatic nitrogens is 1. The highest BCUT2D eigenvalue weighted by molar-refractivity contribution is 6.23. The standard InChI is InChI=1S/C30H23N3O5/c1-19(20-8-3-2-4-9-20)32(30(36)26-12-7-17-37-26)24-18-27(34)33(29(24)35)22-15-13-21(14-16-22)28-31-23-10-5-6-11-25(23)38-28/h2-17,19,24H,18H2,1H3. The maximum absolute atomic E-state index is 13.7. The molecular weight excluding hydrogens is 482 g/mol. The Labute approximate surface area is 218 Å². The number of carbonyl (C=O) groups is 3. The van der Waals surface area contributed by atoms with E-state index in [1.807, 2.05) is 61.5 Å². The number of carbonyl (C=O) groups excluding carboxylic acids is 3. The Hall–Kier alpha value is -4.98. The van der Waals surface area contributed by atoms with Crippen LogP contribution in [0.15, 0.2) is 106 Å². The van der Waals surface area contributed by atoms with Gasteiger partial charge in [0.05, 0.1) is 24.4 Å². The molecule has 2 aromatic heterocycles. The van der Waals surface area contributed by atoms with Crippen LogP contribution in [0.2, 0.25) is 0 Å². The van der Waals surface area contributed by atoms with E-state index in [0.717, 1.165) is 16.0 Å². The monoisotopic (exact) mass is 505 g/mol. The van der Waals surface area contributed by atoms with Crippen molar-refractivity contribution in [3.8, 4) is 11.5 Å². The summed E-state index contributed by atoms with van der Waals surface area (Å²) in [6.07, 6.45) is 1.28. The van der Waals surface area contributed by atoms with Crippen molar-refractivity contribution in [2.45, 2.75) is 25.4 Å². The summed E-state index contributed by atoms with van der Waals surface area (Å²) in [6, 6.07) is 25.4. The SMILES string of the molecule is CC(c1ccccc1)N(C(=O)c1ccco1)C1CC(=O)N(c2ccc(-c3nc4ccccc4o3)cc2)C1=O. The largest absolute Gasteiger partial charge is 0.459 e. The van der Waals surface area contributed by atoms with Gasteiger partial charge in [0.2, 0.25) is 11.8 Å². The summed E-state index contributed by atoms with van der Waals surface area (Å²) in [5.41, 5.74) is 3.39. The third-order valence-electron chi connectivity index (χ3n) is 6.79. The number of hydrogen-bond acceptors (Lipinski definition) is 6. The maximum Gasteiger partial charge on any atom is 0.290 e. The molecule has 0 aliphatic carbocycles. The Bertz CT molecular complexity index is 1590. The quantitative estimate of drug-likeness (QED) is 0.278. The van der Waals surface area contributed by atoms with E-state index in [4.69, 9.17) is 8.83 Å². The number of anilines is 1. The lowest BCUT2D eigenvalue weighted by molar-refractivity contribution is -0.123. The van der Waals surface area contributed by atoms with Gasteiger partial charge >= 0.3 is 0 Å². The number of imide groups is 1. The topological polar surface area (TPSA) is 96.9 Å². The third kappa shape index (κ3) is 4.06. The first-order valence-corrected chi connectivity index (χ1v) is 12.2. The van der Waals surface area contributed by atoms with Crippen LogP contribution in [0.1, 0.15) is 35.5 Å². The third-order valence-corrected chi connectivity index (χ3v) is 6.79. The molecule has 1 fully saturated rings. The van der Waals surface area contributed by atoms with Crippen LogP contribution < -0.4 is 4.90 Å². The Morgan fingerprint density at radius 1 is 0.947 bits per heavy atom. The number of rotatable bonds is 6. The van der Waals surface area contributed by atoms with Crippen LogP contribution >= 0.6 is 0 Å². The molecule has 3 aromatic carbocycles. The zero-order valence-corrected chi connectivity index (χ0v) is 20.5. The Morgan fingerprint density at radius 3 is 2.39 bits per heavy atom. The molecule has 6 rings (SSSR count). The molecule has 8 nitrogen and oxygen atoms in total. The number of furan rings is 1.